The van der Waals surface area contributed by atoms with E-state index in [0.717, 1.165) is 26.2 Å². The van der Waals surface area contributed by atoms with Crippen LogP contribution >= 0.6 is 0 Å². The average molecular weight is 241 g/mol. The fourth-order valence-corrected chi connectivity index (χ4v) is 2.23. The van der Waals surface area contributed by atoms with Crippen LogP contribution in [0.1, 0.15) is 34.6 Å². The summed E-state index contributed by atoms with van der Waals surface area (Å²) in [5.74, 6) is 0.0973. The SMILES string of the molecule is CCN1CCN(C(=O)[C@H](N)C(C)(C)C)CC1C. The van der Waals surface area contributed by atoms with Crippen LogP contribution in [0.5, 0.6) is 0 Å². The molecular formula is C13H27N3O. The number of likely N-dealkylation sites (N-methyl/N-ethyl adjacent to an activating group) is 1. The van der Waals surface area contributed by atoms with Gasteiger partial charge in [0, 0.05) is 25.7 Å². The zero-order chi connectivity index (χ0) is 13.2. The molecule has 1 heterocycles. The van der Waals surface area contributed by atoms with E-state index in [1.54, 1.807) is 0 Å². The first-order chi connectivity index (χ1) is 7.77. The number of nitrogens with two attached hydrogens (primary N) is 1. The summed E-state index contributed by atoms with van der Waals surface area (Å²) in [5, 5.41) is 0. The summed E-state index contributed by atoms with van der Waals surface area (Å²) in [4.78, 5) is 16.6. The van der Waals surface area contributed by atoms with Crippen molar-refractivity contribution in [1.29, 1.82) is 0 Å². The molecule has 1 saturated heterocycles. The molecule has 17 heavy (non-hydrogen) atoms. The fraction of sp³-hybridized carbons (Fsp3) is 0.923. The molecule has 0 saturated carbocycles. The normalized spacial score (nSPS) is 24.8. The summed E-state index contributed by atoms with van der Waals surface area (Å²) >= 11 is 0. The Morgan fingerprint density at radius 1 is 1.41 bits per heavy atom. The maximum Gasteiger partial charge on any atom is 0.240 e. The highest BCUT2D eigenvalue weighted by atomic mass is 16.2. The second kappa shape index (κ2) is 5.36. The lowest BCUT2D eigenvalue weighted by molar-refractivity contribution is -0.137. The summed E-state index contributed by atoms with van der Waals surface area (Å²) in [5.41, 5.74) is 5.87. The Labute approximate surface area is 105 Å². The Morgan fingerprint density at radius 3 is 2.41 bits per heavy atom. The molecule has 1 rings (SSSR count). The monoisotopic (exact) mass is 241 g/mol. The molecule has 0 aromatic heterocycles. The van der Waals surface area contributed by atoms with Crippen LogP contribution in [0.15, 0.2) is 0 Å². The van der Waals surface area contributed by atoms with Crippen molar-refractivity contribution in [3.8, 4) is 0 Å². The van der Waals surface area contributed by atoms with Crippen molar-refractivity contribution in [3.63, 3.8) is 0 Å². The number of nitrogens with zero attached hydrogens (tertiary/aromatic N) is 2. The van der Waals surface area contributed by atoms with Crippen molar-refractivity contribution >= 4 is 5.91 Å². The summed E-state index contributed by atoms with van der Waals surface area (Å²) in [6, 6.07) is 0.0349. The molecule has 100 valence electrons. The molecule has 0 spiro atoms. The molecule has 1 fully saturated rings. The maximum atomic E-state index is 12.3. The van der Waals surface area contributed by atoms with E-state index in [0.29, 0.717) is 6.04 Å². The minimum atomic E-state index is -0.400. The minimum absolute atomic E-state index is 0.0973. The third-order valence-electron chi connectivity index (χ3n) is 3.68. The number of rotatable bonds is 2. The van der Waals surface area contributed by atoms with Gasteiger partial charge < -0.3 is 10.6 Å². The molecule has 1 aliphatic heterocycles. The van der Waals surface area contributed by atoms with Gasteiger partial charge in [0.1, 0.15) is 0 Å². The summed E-state index contributed by atoms with van der Waals surface area (Å²) in [6.07, 6.45) is 0. The van der Waals surface area contributed by atoms with Crippen LogP contribution in [0, 0.1) is 5.41 Å². The number of hydrogen-bond donors (Lipinski definition) is 1. The Kier molecular flexibility index (Phi) is 4.55. The molecule has 4 nitrogen and oxygen atoms in total. The fourth-order valence-electron chi connectivity index (χ4n) is 2.23. The first-order valence-corrected chi connectivity index (χ1v) is 6.55. The van der Waals surface area contributed by atoms with Crippen molar-refractivity contribution in [2.24, 2.45) is 11.1 Å². The lowest BCUT2D eigenvalue weighted by atomic mass is 9.86. The van der Waals surface area contributed by atoms with E-state index < -0.39 is 6.04 Å². The second-order valence-corrected chi connectivity index (χ2v) is 6.11. The van der Waals surface area contributed by atoms with E-state index in [9.17, 15) is 4.79 Å². The Balaban J connectivity index is 2.61. The van der Waals surface area contributed by atoms with Gasteiger partial charge in [0.2, 0.25) is 5.91 Å². The molecule has 4 heteroatoms. The summed E-state index contributed by atoms with van der Waals surface area (Å²) in [6.45, 7) is 14.0. The van der Waals surface area contributed by atoms with Gasteiger partial charge in [0.05, 0.1) is 6.04 Å². The van der Waals surface area contributed by atoms with Gasteiger partial charge in [0.15, 0.2) is 0 Å². The van der Waals surface area contributed by atoms with Crippen LogP contribution in [0.2, 0.25) is 0 Å². The van der Waals surface area contributed by atoms with E-state index in [1.807, 2.05) is 25.7 Å². The molecular weight excluding hydrogens is 214 g/mol. The number of carbonyl (C=O) groups excluding carboxylic acids is 1. The van der Waals surface area contributed by atoms with Crippen LogP contribution in [0.4, 0.5) is 0 Å². The lowest BCUT2D eigenvalue weighted by Crippen LogP contribution is -2.58. The number of hydrogen-bond acceptors (Lipinski definition) is 3. The summed E-state index contributed by atoms with van der Waals surface area (Å²) < 4.78 is 0. The minimum Gasteiger partial charge on any atom is -0.338 e. The number of carbonyl (C=O) groups is 1. The second-order valence-electron chi connectivity index (χ2n) is 6.11. The predicted molar refractivity (Wildman–Crippen MR) is 70.7 cm³/mol. The van der Waals surface area contributed by atoms with Gasteiger partial charge in [-0.05, 0) is 18.9 Å². The standard InChI is InChI=1S/C13H27N3O/c1-6-15-7-8-16(9-10(15)2)12(17)11(14)13(3,4)5/h10-11H,6-9,14H2,1-5H3/t10?,11-/m0/s1. The topological polar surface area (TPSA) is 49.6 Å². The highest BCUT2D eigenvalue weighted by molar-refractivity contribution is 5.82. The van der Waals surface area contributed by atoms with Crippen molar-refractivity contribution in [1.82, 2.24) is 9.80 Å². The van der Waals surface area contributed by atoms with Crippen molar-refractivity contribution in [3.05, 3.63) is 0 Å². The number of piperazine rings is 1. The van der Waals surface area contributed by atoms with Crippen LogP contribution in [0.25, 0.3) is 0 Å². The summed E-state index contributed by atoms with van der Waals surface area (Å²) in [7, 11) is 0. The van der Waals surface area contributed by atoms with Gasteiger partial charge in [-0.1, -0.05) is 27.7 Å². The van der Waals surface area contributed by atoms with Crippen LogP contribution in [0.3, 0.4) is 0 Å². The molecule has 2 N–H and O–H groups in total. The smallest absolute Gasteiger partial charge is 0.240 e. The first-order valence-electron chi connectivity index (χ1n) is 6.55. The third-order valence-corrected chi connectivity index (χ3v) is 3.68. The van der Waals surface area contributed by atoms with E-state index in [-0.39, 0.29) is 11.3 Å². The third kappa shape index (κ3) is 3.42. The van der Waals surface area contributed by atoms with Crippen LogP contribution < -0.4 is 5.73 Å². The van der Waals surface area contributed by atoms with Gasteiger partial charge >= 0.3 is 0 Å². The predicted octanol–water partition coefficient (Wildman–Crippen LogP) is 0.912. The Morgan fingerprint density at radius 2 is 2.00 bits per heavy atom. The molecule has 0 aliphatic carbocycles. The highest BCUT2D eigenvalue weighted by Gasteiger charge is 2.33. The molecule has 0 bridgehead atoms. The highest BCUT2D eigenvalue weighted by Crippen LogP contribution is 2.20. The quantitative estimate of drug-likeness (QED) is 0.782. The molecule has 1 amide bonds. The Hall–Kier alpha value is -0.610. The largest absolute Gasteiger partial charge is 0.338 e. The average Bonchev–Trinajstić information content (AvgIpc) is 2.25. The van der Waals surface area contributed by atoms with Crippen molar-refractivity contribution in [2.45, 2.75) is 46.7 Å². The van der Waals surface area contributed by atoms with Gasteiger partial charge in [0.25, 0.3) is 0 Å². The zero-order valence-electron chi connectivity index (χ0n) is 11.9. The molecule has 0 aromatic rings. The van der Waals surface area contributed by atoms with E-state index >= 15 is 0 Å². The molecule has 0 radical (unpaired) electrons. The van der Waals surface area contributed by atoms with Gasteiger partial charge in [-0.2, -0.15) is 0 Å². The molecule has 1 unspecified atom stereocenters. The van der Waals surface area contributed by atoms with Gasteiger partial charge in [-0.3, -0.25) is 9.69 Å². The van der Waals surface area contributed by atoms with E-state index in [2.05, 4.69) is 18.7 Å². The van der Waals surface area contributed by atoms with Crippen molar-refractivity contribution < 1.29 is 4.79 Å². The number of amides is 1. The van der Waals surface area contributed by atoms with Crippen molar-refractivity contribution in [2.75, 3.05) is 26.2 Å². The van der Waals surface area contributed by atoms with Crippen LogP contribution in [-0.2, 0) is 4.79 Å². The molecule has 2 atom stereocenters. The first kappa shape index (κ1) is 14.5. The van der Waals surface area contributed by atoms with Gasteiger partial charge in [-0.15, -0.1) is 0 Å². The zero-order valence-corrected chi connectivity index (χ0v) is 11.9. The van der Waals surface area contributed by atoms with Crippen LogP contribution in [-0.4, -0.2) is 54.0 Å². The lowest BCUT2D eigenvalue weighted by Gasteiger charge is -2.41. The Bertz CT molecular complexity index is 272. The van der Waals surface area contributed by atoms with E-state index in [4.69, 9.17) is 5.73 Å². The van der Waals surface area contributed by atoms with Gasteiger partial charge in [-0.25, -0.2) is 0 Å². The van der Waals surface area contributed by atoms with E-state index in [1.165, 1.54) is 0 Å². The molecule has 1 aliphatic rings. The molecule has 0 aromatic carbocycles. The maximum absolute atomic E-state index is 12.3.